The number of carboxylic acids is 1. The van der Waals surface area contributed by atoms with Crippen LogP contribution in [0.15, 0.2) is 0 Å². The summed E-state index contributed by atoms with van der Waals surface area (Å²) in [5.41, 5.74) is -0.839. The number of nitrogens with one attached hydrogen (secondary N) is 1. The van der Waals surface area contributed by atoms with E-state index in [2.05, 4.69) is 5.32 Å². The number of amides is 1. The van der Waals surface area contributed by atoms with Gasteiger partial charge in [0.15, 0.2) is 0 Å². The van der Waals surface area contributed by atoms with Crippen molar-refractivity contribution in [1.29, 1.82) is 0 Å². The van der Waals surface area contributed by atoms with Gasteiger partial charge in [0.1, 0.15) is 0 Å². The molecule has 0 radical (unpaired) electrons. The van der Waals surface area contributed by atoms with Gasteiger partial charge in [-0.25, -0.2) is 0 Å². The van der Waals surface area contributed by atoms with Crippen LogP contribution < -0.4 is 5.32 Å². The van der Waals surface area contributed by atoms with Crippen LogP contribution in [0.5, 0.6) is 0 Å². The maximum atomic E-state index is 11.7. The van der Waals surface area contributed by atoms with Crippen molar-refractivity contribution >= 4 is 11.9 Å². The maximum absolute atomic E-state index is 11.7. The van der Waals surface area contributed by atoms with Crippen LogP contribution in [0.4, 0.5) is 0 Å². The Bertz CT molecular complexity index is 265. The molecule has 1 unspecified atom stereocenters. The molecule has 100 valence electrons. The first-order chi connectivity index (χ1) is 7.79. The zero-order chi connectivity index (χ0) is 13.5. The largest absolute Gasteiger partial charge is 0.481 e. The molecule has 2 N–H and O–H groups in total. The van der Waals surface area contributed by atoms with Crippen LogP contribution >= 0.6 is 0 Å². The molecule has 0 aromatic rings. The molecule has 5 heteroatoms. The molecule has 0 saturated heterocycles. The Kier molecular flexibility index (Phi) is 6.80. The summed E-state index contributed by atoms with van der Waals surface area (Å²) >= 11 is 0. The summed E-state index contributed by atoms with van der Waals surface area (Å²) in [6.07, 6.45) is 1.06. The zero-order valence-corrected chi connectivity index (χ0v) is 11.1. The van der Waals surface area contributed by atoms with Crippen LogP contribution in [-0.2, 0) is 14.3 Å². The third kappa shape index (κ3) is 7.74. The van der Waals surface area contributed by atoms with E-state index in [0.717, 1.165) is 6.42 Å². The Morgan fingerprint density at radius 1 is 1.41 bits per heavy atom. The van der Waals surface area contributed by atoms with Gasteiger partial charge in [0.05, 0.1) is 18.6 Å². The van der Waals surface area contributed by atoms with E-state index in [0.29, 0.717) is 12.3 Å². The fourth-order valence-corrected chi connectivity index (χ4v) is 1.60. The van der Waals surface area contributed by atoms with E-state index in [1.54, 1.807) is 6.92 Å². The van der Waals surface area contributed by atoms with E-state index in [1.165, 1.54) is 7.11 Å². The summed E-state index contributed by atoms with van der Waals surface area (Å²) in [7, 11) is 1.49. The molecule has 0 aliphatic rings. The van der Waals surface area contributed by atoms with Crippen molar-refractivity contribution in [2.75, 3.05) is 13.7 Å². The molecule has 0 rings (SSSR count). The Balaban J connectivity index is 4.32. The van der Waals surface area contributed by atoms with Crippen molar-refractivity contribution in [2.24, 2.45) is 5.92 Å². The highest BCUT2D eigenvalue weighted by atomic mass is 16.5. The molecule has 0 aromatic carbocycles. The summed E-state index contributed by atoms with van der Waals surface area (Å²) in [5, 5.41) is 11.5. The van der Waals surface area contributed by atoms with Gasteiger partial charge in [-0.1, -0.05) is 13.8 Å². The summed E-state index contributed by atoms with van der Waals surface area (Å²) < 4.78 is 4.96. The van der Waals surface area contributed by atoms with Gasteiger partial charge in [0.2, 0.25) is 5.91 Å². The molecule has 0 aromatic heterocycles. The molecule has 0 saturated carbocycles. The highest BCUT2D eigenvalue weighted by molar-refractivity contribution is 5.78. The van der Waals surface area contributed by atoms with Gasteiger partial charge >= 0.3 is 5.97 Å². The van der Waals surface area contributed by atoms with E-state index < -0.39 is 11.5 Å². The quantitative estimate of drug-likeness (QED) is 0.678. The number of carbonyl (C=O) groups excluding carboxylic acids is 1. The lowest BCUT2D eigenvalue weighted by Crippen LogP contribution is -2.50. The molecule has 0 aliphatic carbocycles. The summed E-state index contributed by atoms with van der Waals surface area (Å²) in [4.78, 5) is 22.4. The minimum Gasteiger partial charge on any atom is -0.481 e. The smallest absolute Gasteiger partial charge is 0.305 e. The minimum atomic E-state index is -0.950. The summed E-state index contributed by atoms with van der Waals surface area (Å²) in [5.74, 6) is -0.623. The van der Waals surface area contributed by atoms with Crippen molar-refractivity contribution in [3.63, 3.8) is 0 Å². The fourth-order valence-electron chi connectivity index (χ4n) is 1.60. The minimum absolute atomic E-state index is 0.125. The monoisotopic (exact) mass is 245 g/mol. The van der Waals surface area contributed by atoms with E-state index in [1.807, 2.05) is 13.8 Å². The van der Waals surface area contributed by atoms with Crippen molar-refractivity contribution < 1.29 is 19.4 Å². The van der Waals surface area contributed by atoms with Crippen molar-refractivity contribution in [3.8, 4) is 0 Å². The van der Waals surface area contributed by atoms with Crippen LogP contribution in [0, 0.1) is 5.92 Å². The van der Waals surface area contributed by atoms with Gasteiger partial charge in [-0.3, -0.25) is 9.59 Å². The predicted octanol–water partition coefficient (Wildman–Crippen LogP) is 1.42. The van der Waals surface area contributed by atoms with E-state index in [4.69, 9.17) is 9.84 Å². The highest BCUT2D eigenvalue weighted by Crippen LogP contribution is 2.12. The average Bonchev–Trinajstić information content (AvgIpc) is 2.13. The molecular formula is C12H23NO4. The highest BCUT2D eigenvalue weighted by Gasteiger charge is 2.29. The number of carboxylic acid groups (broad SMARTS) is 1. The number of carbonyl (C=O) groups is 2. The van der Waals surface area contributed by atoms with Crippen LogP contribution in [0.3, 0.4) is 0 Å². The van der Waals surface area contributed by atoms with Crippen LogP contribution in [0.1, 0.15) is 40.0 Å². The Morgan fingerprint density at radius 2 is 2.00 bits per heavy atom. The Morgan fingerprint density at radius 3 is 2.41 bits per heavy atom. The molecular weight excluding hydrogens is 222 g/mol. The third-order valence-corrected chi connectivity index (χ3v) is 2.39. The topological polar surface area (TPSA) is 75.6 Å². The molecule has 0 heterocycles. The molecule has 1 atom stereocenters. The molecule has 1 amide bonds. The number of rotatable bonds is 8. The van der Waals surface area contributed by atoms with Crippen molar-refractivity contribution in [3.05, 3.63) is 0 Å². The lowest BCUT2D eigenvalue weighted by Gasteiger charge is -2.28. The second-order valence-electron chi connectivity index (χ2n) is 5.04. The lowest BCUT2D eigenvalue weighted by molar-refractivity contribution is -0.139. The lowest BCUT2D eigenvalue weighted by atomic mass is 9.98. The molecule has 0 aliphatic heterocycles. The van der Waals surface area contributed by atoms with Gasteiger partial charge in [0, 0.05) is 13.5 Å². The SMILES string of the molecule is COCC(C)(CC(=O)O)NC(=O)CCC(C)C. The predicted molar refractivity (Wildman–Crippen MR) is 64.7 cm³/mol. The Labute approximate surface area is 103 Å². The van der Waals surface area contributed by atoms with Crippen molar-refractivity contribution in [2.45, 2.75) is 45.6 Å². The molecule has 5 nitrogen and oxygen atoms in total. The van der Waals surface area contributed by atoms with Crippen LogP contribution in [-0.4, -0.2) is 36.2 Å². The first kappa shape index (κ1) is 15.9. The van der Waals surface area contributed by atoms with Gasteiger partial charge in [-0.2, -0.15) is 0 Å². The number of ether oxygens (including phenoxy) is 1. The van der Waals surface area contributed by atoms with Crippen molar-refractivity contribution in [1.82, 2.24) is 5.32 Å². The van der Waals surface area contributed by atoms with Crippen LogP contribution in [0.25, 0.3) is 0 Å². The second kappa shape index (κ2) is 7.27. The molecule has 0 bridgehead atoms. The number of methoxy groups -OCH3 is 1. The van der Waals surface area contributed by atoms with E-state index in [9.17, 15) is 9.59 Å². The number of hydrogen-bond acceptors (Lipinski definition) is 3. The molecule has 17 heavy (non-hydrogen) atoms. The number of aliphatic carboxylic acids is 1. The zero-order valence-electron chi connectivity index (χ0n) is 11.1. The van der Waals surface area contributed by atoms with Gasteiger partial charge in [-0.05, 0) is 19.3 Å². The maximum Gasteiger partial charge on any atom is 0.305 e. The molecule has 0 fully saturated rings. The summed E-state index contributed by atoms with van der Waals surface area (Å²) in [6, 6.07) is 0. The Hall–Kier alpha value is -1.10. The first-order valence-corrected chi connectivity index (χ1v) is 5.81. The normalized spacial score (nSPS) is 14.4. The molecule has 0 spiro atoms. The fraction of sp³-hybridized carbons (Fsp3) is 0.833. The standard InChI is InChI=1S/C12H23NO4/c1-9(2)5-6-10(14)13-12(3,8-17-4)7-11(15)16/h9H,5-8H2,1-4H3,(H,13,14)(H,15,16). The van der Waals surface area contributed by atoms with Gasteiger partial charge in [-0.15, -0.1) is 0 Å². The first-order valence-electron chi connectivity index (χ1n) is 5.81. The van der Waals surface area contributed by atoms with Crippen LogP contribution in [0.2, 0.25) is 0 Å². The third-order valence-electron chi connectivity index (χ3n) is 2.39. The van der Waals surface area contributed by atoms with E-state index in [-0.39, 0.29) is 18.9 Å². The number of hydrogen-bond donors (Lipinski definition) is 2. The second-order valence-corrected chi connectivity index (χ2v) is 5.04. The average molecular weight is 245 g/mol. The van der Waals surface area contributed by atoms with Gasteiger partial charge in [0.25, 0.3) is 0 Å². The van der Waals surface area contributed by atoms with Gasteiger partial charge < -0.3 is 15.2 Å². The van der Waals surface area contributed by atoms with E-state index >= 15 is 0 Å². The summed E-state index contributed by atoms with van der Waals surface area (Å²) in [6.45, 7) is 5.95.